The Morgan fingerprint density at radius 3 is 1.41 bits per heavy atom. The van der Waals surface area contributed by atoms with Gasteiger partial charge in [0.25, 0.3) is 0 Å². The largest absolute Gasteiger partial charge is 0.399 e. The van der Waals surface area contributed by atoms with Crippen LogP contribution in [-0.2, 0) is 9.59 Å². The topological polar surface area (TPSA) is 86.2 Å². The number of hydrogen-bond donors (Lipinski definition) is 2. The Kier molecular flexibility index (Phi) is 16.2. The first-order valence-corrected chi connectivity index (χ1v) is 6.35. The fraction of sp³-hybridized carbons (Fsp3) is 0.0588. The van der Waals surface area contributed by atoms with Crippen LogP contribution in [0.15, 0.2) is 72.8 Å². The Labute approximate surface area is 137 Å². The summed E-state index contributed by atoms with van der Waals surface area (Å²) in [5.41, 5.74) is 12.4. The van der Waals surface area contributed by atoms with E-state index in [1.54, 1.807) is 0 Å². The minimum Gasteiger partial charge on any atom is -0.399 e. The zero-order valence-corrected chi connectivity index (χ0v) is 13.0. The molecule has 0 spiro atoms. The smallest absolute Gasteiger partial charge is 0.142 e. The molecule has 0 aromatic heterocycles. The molecule has 2 aromatic rings. The fourth-order valence-corrected chi connectivity index (χ4v) is 1.10. The highest BCUT2D eigenvalue weighted by molar-refractivity contribution is 5.85. The normalized spacial score (nSPS) is 8.36. The Balaban J connectivity index is 0. The van der Waals surface area contributed by atoms with Crippen LogP contribution in [0.4, 0.5) is 11.4 Å². The SMILES string of the molecule is Cl.Nc1ccccc1.Nc1ccccc1.O=CC=CCC=O. The van der Waals surface area contributed by atoms with Crippen LogP contribution in [0, 0.1) is 0 Å². The van der Waals surface area contributed by atoms with Gasteiger partial charge in [-0.05, 0) is 30.3 Å². The number of carbonyl (C=O) groups excluding carboxylic acids is 2. The molecular formula is C17H21ClN2O2. The van der Waals surface area contributed by atoms with E-state index in [-0.39, 0.29) is 12.4 Å². The Bertz CT molecular complexity index is 479. The summed E-state index contributed by atoms with van der Waals surface area (Å²) in [5.74, 6) is 0. The standard InChI is InChI=1S/2C6H7N.C5H6O2.ClH/c2*7-6-4-2-1-3-5-6;6-4-2-1-3-5-7;/h2*1-5H,7H2;1-2,4-5H,3H2;1H. The third-order valence-electron chi connectivity index (χ3n) is 2.05. The lowest BCUT2D eigenvalue weighted by Gasteiger charge is -1.83. The number of rotatable bonds is 3. The van der Waals surface area contributed by atoms with Gasteiger partial charge in [-0.1, -0.05) is 42.5 Å². The van der Waals surface area contributed by atoms with Crippen LogP contribution in [-0.4, -0.2) is 12.6 Å². The molecule has 22 heavy (non-hydrogen) atoms. The van der Waals surface area contributed by atoms with Crippen molar-refractivity contribution in [2.45, 2.75) is 6.42 Å². The molecule has 0 unspecified atom stereocenters. The van der Waals surface area contributed by atoms with Gasteiger partial charge in [-0.25, -0.2) is 0 Å². The predicted molar refractivity (Wildman–Crippen MR) is 94.8 cm³/mol. The van der Waals surface area contributed by atoms with Crippen molar-refractivity contribution in [3.05, 3.63) is 72.8 Å². The van der Waals surface area contributed by atoms with Crippen LogP contribution in [0.2, 0.25) is 0 Å². The summed E-state index contributed by atoms with van der Waals surface area (Å²) in [5, 5.41) is 0. The van der Waals surface area contributed by atoms with E-state index in [4.69, 9.17) is 11.5 Å². The molecule has 118 valence electrons. The van der Waals surface area contributed by atoms with Gasteiger partial charge in [-0.2, -0.15) is 0 Å². The molecule has 0 heterocycles. The highest BCUT2D eigenvalue weighted by Gasteiger charge is 1.73. The zero-order chi connectivity index (χ0) is 15.8. The second-order valence-corrected chi connectivity index (χ2v) is 3.79. The van der Waals surface area contributed by atoms with Gasteiger partial charge in [-0.3, -0.25) is 4.79 Å². The quantitative estimate of drug-likeness (QED) is 0.516. The summed E-state index contributed by atoms with van der Waals surface area (Å²) in [6.07, 6.45) is 4.51. The zero-order valence-electron chi connectivity index (χ0n) is 12.2. The molecule has 0 amide bonds. The number of halogens is 1. The van der Waals surface area contributed by atoms with Crippen LogP contribution < -0.4 is 11.5 Å². The molecule has 5 heteroatoms. The Hall–Kier alpha value is -2.59. The average Bonchev–Trinajstić information content (AvgIpc) is 2.51. The number of para-hydroxylation sites is 2. The number of anilines is 2. The van der Waals surface area contributed by atoms with Gasteiger partial charge in [0.2, 0.25) is 0 Å². The molecule has 0 fully saturated rings. The number of benzene rings is 2. The fourth-order valence-electron chi connectivity index (χ4n) is 1.10. The summed E-state index contributed by atoms with van der Waals surface area (Å²) < 4.78 is 0. The maximum absolute atomic E-state index is 9.51. The van der Waals surface area contributed by atoms with Crippen LogP contribution in [0.25, 0.3) is 0 Å². The maximum Gasteiger partial charge on any atom is 0.142 e. The molecule has 0 atom stereocenters. The van der Waals surface area contributed by atoms with Gasteiger partial charge in [0.05, 0.1) is 0 Å². The Morgan fingerprint density at radius 2 is 1.18 bits per heavy atom. The summed E-state index contributed by atoms with van der Waals surface area (Å²) in [6, 6.07) is 19.0. The minimum atomic E-state index is 0. The van der Waals surface area contributed by atoms with Gasteiger partial charge in [-0.15, -0.1) is 12.4 Å². The van der Waals surface area contributed by atoms with E-state index in [9.17, 15) is 9.59 Å². The highest BCUT2D eigenvalue weighted by Crippen LogP contribution is 1.96. The van der Waals surface area contributed by atoms with Crippen molar-refractivity contribution in [3.63, 3.8) is 0 Å². The van der Waals surface area contributed by atoms with Gasteiger partial charge >= 0.3 is 0 Å². The maximum atomic E-state index is 9.51. The number of allylic oxidation sites excluding steroid dienone is 2. The molecule has 0 bridgehead atoms. The number of nitrogens with two attached hydrogens (primary N) is 2. The molecule has 2 rings (SSSR count). The molecule has 0 aliphatic carbocycles. The monoisotopic (exact) mass is 320 g/mol. The first-order chi connectivity index (χ1) is 10.2. The van der Waals surface area contributed by atoms with Gasteiger partial charge in [0.1, 0.15) is 12.6 Å². The number of carbonyl (C=O) groups is 2. The lowest BCUT2D eigenvalue weighted by atomic mass is 10.3. The van der Waals surface area contributed by atoms with E-state index >= 15 is 0 Å². The number of hydrogen-bond acceptors (Lipinski definition) is 4. The summed E-state index contributed by atoms with van der Waals surface area (Å²) in [6.45, 7) is 0. The molecular weight excluding hydrogens is 300 g/mol. The van der Waals surface area contributed by atoms with E-state index < -0.39 is 0 Å². The van der Waals surface area contributed by atoms with E-state index in [0.29, 0.717) is 12.7 Å². The van der Waals surface area contributed by atoms with Crippen LogP contribution in [0.1, 0.15) is 6.42 Å². The summed E-state index contributed by atoms with van der Waals surface area (Å²) in [4.78, 5) is 19.0. The molecule has 0 aliphatic rings. The number of nitrogen functional groups attached to an aromatic ring is 2. The van der Waals surface area contributed by atoms with Crippen LogP contribution in [0.3, 0.4) is 0 Å². The van der Waals surface area contributed by atoms with E-state index in [1.165, 1.54) is 12.2 Å². The average molecular weight is 321 g/mol. The third kappa shape index (κ3) is 15.5. The molecule has 0 radical (unpaired) electrons. The molecule has 0 saturated heterocycles. The van der Waals surface area contributed by atoms with Gasteiger partial charge in [0, 0.05) is 17.8 Å². The van der Waals surface area contributed by atoms with Crippen molar-refractivity contribution in [3.8, 4) is 0 Å². The van der Waals surface area contributed by atoms with Crippen LogP contribution in [0.5, 0.6) is 0 Å². The molecule has 0 aliphatic heterocycles. The summed E-state index contributed by atoms with van der Waals surface area (Å²) in [7, 11) is 0. The van der Waals surface area contributed by atoms with E-state index in [2.05, 4.69) is 0 Å². The van der Waals surface area contributed by atoms with Crippen LogP contribution >= 0.6 is 12.4 Å². The third-order valence-corrected chi connectivity index (χ3v) is 2.05. The van der Waals surface area contributed by atoms with Gasteiger partial charge < -0.3 is 16.3 Å². The molecule has 0 saturated carbocycles. The van der Waals surface area contributed by atoms with Gasteiger partial charge in [0.15, 0.2) is 0 Å². The van der Waals surface area contributed by atoms with Crippen molar-refractivity contribution in [2.75, 3.05) is 11.5 Å². The minimum absolute atomic E-state index is 0. The van der Waals surface area contributed by atoms with E-state index in [0.717, 1.165) is 17.7 Å². The number of aldehydes is 2. The lowest BCUT2D eigenvalue weighted by Crippen LogP contribution is -1.79. The van der Waals surface area contributed by atoms with E-state index in [1.807, 2.05) is 60.7 Å². The predicted octanol–water partition coefficient (Wildman–Crippen LogP) is 3.29. The molecule has 4 N–H and O–H groups in total. The van der Waals surface area contributed by atoms with Crippen molar-refractivity contribution in [1.29, 1.82) is 0 Å². The highest BCUT2D eigenvalue weighted by atomic mass is 35.5. The lowest BCUT2D eigenvalue weighted by molar-refractivity contribution is -0.107. The van der Waals surface area contributed by atoms with Crippen molar-refractivity contribution in [2.24, 2.45) is 0 Å². The van der Waals surface area contributed by atoms with Crippen molar-refractivity contribution < 1.29 is 9.59 Å². The second kappa shape index (κ2) is 16.5. The van der Waals surface area contributed by atoms with Crippen molar-refractivity contribution in [1.82, 2.24) is 0 Å². The first-order valence-electron chi connectivity index (χ1n) is 6.35. The Morgan fingerprint density at radius 1 is 0.773 bits per heavy atom. The second-order valence-electron chi connectivity index (χ2n) is 3.79. The summed E-state index contributed by atoms with van der Waals surface area (Å²) >= 11 is 0. The van der Waals surface area contributed by atoms with Crippen molar-refractivity contribution >= 4 is 36.4 Å². The molecule has 4 nitrogen and oxygen atoms in total. The molecule has 2 aromatic carbocycles. The first kappa shape index (κ1) is 21.7.